The van der Waals surface area contributed by atoms with Crippen LogP contribution in [0.25, 0.3) is 0 Å². The molecule has 0 unspecified atom stereocenters. The molecule has 10 heteroatoms. The summed E-state index contributed by atoms with van der Waals surface area (Å²) >= 11 is 2.85. The van der Waals surface area contributed by atoms with Gasteiger partial charge in [0.05, 0.1) is 12.2 Å². The van der Waals surface area contributed by atoms with Crippen LogP contribution >= 0.6 is 28.3 Å². The molecule has 0 radical (unpaired) electrons. The van der Waals surface area contributed by atoms with E-state index in [1.165, 1.54) is 6.92 Å². The Morgan fingerprint density at radius 3 is 2.32 bits per heavy atom. The van der Waals surface area contributed by atoms with Crippen LogP contribution in [0.3, 0.4) is 0 Å². The molecule has 1 aromatic rings. The number of carbonyl (C=O) groups is 1. The number of halogens is 7. The summed E-state index contributed by atoms with van der Waals surface area (Å²) in [4.78, 5) is 11.2. The smallest absolute Gasteiger partial charge is 0.416 e. The molecule has 0 saturated carbocycles. The Labute approximate surface area is 137 Å². The van der Waals surface area contributed by atoms with E-state index in [0.29, 0.717) is 12.1 Å². The van der Waals surface area contributed by atoms with Gasteiger partial charge in [0.1, 0.15) is 6.04 Å². The number of alkyl halides is 5. The van der Waals surface area contributed by atoms with Crippen LogP contribution < -0.4 is 5.73 Å². The average molecular weight is 413 g/mol. The van der Waals surface area contributed by atoms with Crippen LogP contribution in [-0.2, 0) is 15.7 Å². The third-order valence-corrected chi connectivity index (χ3v) is 3.32. The molecule has 0 amide bonds. The van der Waals surface area contributed by atoms with Crippen molar-refractivity contribution in [2.45, 2.75) is 25.1 Å². The Morgan fingerprint density at radius 1 is 1.32 bits per heavy atom. The quantitative estimate of drug-likeness (QED) is 0.599. The molecule has 3 nitrogen and oxygen atoms in total. The second-order valence-corrected chi connectivity index (χ2v) is 4.91. The van der Waals surface area contributed by atoms with E-state index in [1.54, 1.807) is 0 Å². The van der Waals surface area contributed by atoms with Crippen LogP contribution in [0.2, 0.25) is 0 Å². The molecule has 0 aliphatic heterocycles. The minimum atomic E-state index is -4.71. The first-order valence-electron chi connectivity index (χ1n) is 5.69. The van der Waals surface area contributed by atoms with Gasteiger partial charge in [0, 0.05) is 4.47 Å². The maximum atomic E-state index is 13.8. The van der Waals surface area contributed by atoms with Gasteiger partial charge in [0.25, 0.3) is 0 Å². The summed E-state index contributed by atoms with van der Waals surface area (Å²) in [6, 6.07) is -0.141. The zero-order valence-electron chi connectivity index (χ0n) is 11.1. The van der Waals surface area contributed by atoms with Gasteiger partial charge in [0.15, 0.2) is 0 Å². The van der Waals surface area contributed by atoms with Crippen molar-refractivity contribution in [2.24, 2.45) is 5.73 Å². The van der Waals surface area contributed by atoms with Gasteiger partial charge >= 0.3 is 18.1 Å². The zero-order chi connectivity index (χ0) is 16.4. The minimum absolute atomic E-state index is 0. The van der Waals surface area contributed by atoms with Crippen molar-refractivity contribution >= 4 is 34.3 Å². The van der Waals surface area contributed by atoms with Gasteiger partial charge in [-0.25, -0.2) is 4.79 Å². The maximum absolute atomic E-state index is 13.8. The van der Waals surface area contributed by atoms with E-state index in [0.717, 1.165) is 6.07 Å². The molecule has 0 spiro atoms. The van der Waals surface area contributed by atoms with E-state index in [4.69, 9.17) is 5.73 Å². The molecule has 0 heterocycles. The molecular formula is C12H12BrClF5NO2. The summed E-state index contributed by atoms with van der Waals surface area (Å²) in [6.07, 6.45) is -4.71. The molecule has 1 rings (SSSR count). The van der Waals surface area contributed by atoms with Crippen LogP contribution in [0.4, 0.5) is 22.0 Å². The van der Waals surface area contributed by atoms with E-state index in [-0.39, 0.29) is 23.5 Å². The fourth-order valence-corrected chi connectivity index (χ4v) is 2.00. The Balaban J connectivity index is 0.00000441. The van der Waals surface area contributed by atoms with Gasteiger partial charge in [-0.2, -0.15) is 22.0 Å². The largest absolute Gasteiger partial charge is 0.462 e. The number of benzene rings is 1. The fourth-order valence-electron chi connectivity index (χ4n) is 1.51. The Morgan fingerprint density at radius 2 is 1.86 bits per heavy atom. The molecule has 0 aromatic heterocycles. The van der Waals surface area contributed by atoms with Gasteiger partial charge in [-0.15, -0.1) is 12.4 Å². The summed E-state index contributed by atoms with van der Waals surface area (Å²) in [6.45, 7) is 1.02. The molecule has 2 N–H and O–H groups in total. The van der Waals surface area contributed by atoms with E-state index in [2.05, 4.69) is 20.7 Å². The number of hydrogen-bond donors (Lipinski definition) is 1. The number of carbonyl (C=O) groups excluding carboxylic acids is 1. The van der Waals surface area contributed by atoms with Crippen molar-refractivity contribution in [2.75, 3.05) is 6.61 Å². The van der Waals surface area contributed by atoms with Crippen molar-refractivity contribution < 1.29 is 31.5 Å². The van der Waals surface area contributed by atoms with Crippen molar-refractivity contribution in [3.63, 3.8) is 0 Å². The molecular weight excluding hydrogens is 400 g/mol. The van der Waals surface area contributed by atoms with Gasteiger partial charge < -0.3 is 10.5 Å². The van der Waals surface area contributed by atoms with Crippen LogP contribution in [0.5, 0.6) is 0 Å². The van der Waals surface area contributed by atoms with Crippen molar-refractivity contribution in [3.05, 3.63) is 33.8 Å². The van der Waals surface area contributed by atoms with Gasteiger partial charge in [-0.05, 0) is 30.7 Å². The van der Waals surface area contributed by atoms with Crippen LogP contribution in [0.15, 0.2) is 22.7 Å². The van der Waals surface area contributed by atoms with Crippen LogP contribution in [0, 0.1) is 0 Å². The zero-order valence-corrected chi connectivity index (χ0v) is 13.5. The average Bonchev–Trinajstić information content (AvgIpc) is 2.37. The summed E-state index contributed by atoms with van der Waals surface area (Å²) in [5.41, 5.74) is 3.59. The SMILES string of the molecule is CCOC(=O)C(F)(F)[C@@H](N)c1cc(C(F)(F)F)ccc1Br.Cl. The number of rotatable bonds is 4. The van der Waals surface area contributed by atoms with E-state index in [1.807, 2.05) is 0 Å². The first-order valence-corrected chi connectivity index (χ1v) is 6.48. The van der Waals surface area contributed by atoms with Crippen LogP contribution in [-0.4, -0.2) is 18.5 Å². The molecule has 0 bridgehead atoms. The lowest BCUT2D eigenvalue weighted by atomic mass is 9.99. The fraction of sp³-hybridized carbons (Fsp3) is 0.417. The van der Waals surface area contributed by atoms with Gasteiger partial charge in [0.2, 0.25) is 0 Å². The second-order valence-electron chi connectivity index (χ2n) is 4.06. The predicted octanol–water partition coefficient (Wildman–Crippen LogP) is 4.09. The Kier molecular flexibility index (Phi) is 7.24. The number of hydrogen-bond acceptors (Lipinski definition) is 3. The summed E-state index contributed by atoms with van der Waals surface area (Å²) < 4.78 is 69.5. The maximum Gasteiger partial charge on any atom is 0.416 e. The topological polar surface area (TPSA) is 52.3 Å². The lowest BCUT2D eigenvalue weighted by Crippen LogP contribution is -2.42. The van der Waals surface area contributed by atoms with Crippen molar-refractivity contribution in [1.29, 1.82) is 0 Å². The second kappa shape index (κ2) is 7.56. The molecule has 0 aliphatic rings. The van der Waals surface area contributed by atoms with E-state index in [9.17, 15) is 26.7 Å². The number of ether oxygens (including phenoxy) is 1. The molecule has 0 fully saturated rings. The van der Waals surface area contributed by atoms with Crippen molar-refractivity contribution in [3.8, 4) is 0 Å². The van der Waals surface area contributed by atoms with Gasteiger partial charge in [-0.1, -0.05) is 15.9 Å². The lowest BCUT2D eigenvalue weighted by Gasteiger charge is -2.23. The number of esters is 1. The highest BCUT2D eigenvalue weighted by Gasteiger charge is 2.48. The molecule has 22 heavy (non-hydrogen) atoms. The minimum Gasteiger partial charge on any atom is -0.462 e. The molecule has 0 aliphatic carbocycles. The summed E-state index contributed by atoms with van der Waals surface area (Å²) in [5, 5.41) is 0. The molecule has 1 atom stereocenters. The normalized spacial score (nSPS) is 13.3. The molecule has 126 valence electrons. The molecule has 1 aromatic carbocycles. The molecule has 0 saturated heterocycles. The van der Waals surface area contributed by atoms with Crippen LogP contribution in [0.1, 0.15) is 24.1 Å². The standard InChI is InChI=1S/C12H11BrF5NO2.ClH/c1-2-21-10(20)11(14,15)9(19)7-5-6(12(16,17)18)3-4-8(7)13;/h3-5,9H,2,19H2,1H3;1H/t9-;/m0./s1. The highest BCUT2D eigenvalue weighted by Crippen LogP contribution is 2.38. The first-order chi connectivity index (χ1) is 9.51. The van der Waals surface area contributed by atoms with Crippen molar-refractivity contribution in [1.82, 2.24) is 0 Å². The Hall–Kier alpha value is -0.930. The summed E-state index contributed by atoms with van der Waals surface area (Å²) in [5.74, 6) is -6.04. The van der Waals surface area contributed by atoms with Gasteiger partial charge in [-0.3, -0.25) is 0 Å². The third-order valence-electron chi connectivity index (χ3n) is 2.60. The number of nitrogens with two attached hydrogens (primary N) is 1. The lowest BCUT2D eigenvalue weighted by molar-refractivity contribution is -0.174. The van der Waals surface area contributed by atoms with E-state index < -0.39 is 35.2 Å². The predicted molar refractivity (Wildman–Crippen MR) is 74.9 cm³/mol. The first kappa shape index (κ1) is 21.1. The monoisotopic (exact) mass is 411 g/mol. The Bertz CT molecular complexity index is 539. The highest BCUT2D eigenvalue weighted by atomic mass is 79.9. The van der Waals surface area contributed by atoms with E-state index >= 15 is 0 Å². The highest BCUT2D eigenvalue weighted by molar-refractivity contribution is 9.10. The summed E-state index contributed by atoms with van der Waals surface area (Å²) in [7, 11) is 0. The third kappa shape index (κ3) is 4.53.